The van der Waals surface area contributed by atoms with Gasteiger partial charge in [-0.05, 0) is 0 Å². The van der Waals surface area contributed by atoms with E-state index in [0.29, 0.717) is 0 Å². The van der Waals surface area contributed by atoms with Crippen LogP contribution in [0, 0.1) is 0 Å². The number of carboxylic acid groups (broad SMARTS) is 2. The van der Waals surface area contributed by atoms with Crippen LogP contribution in [0.2, 0.25) is 0 Å². The number of aliphatic hydroxyl groups is 1. The van der Waals surface area contributed by atoms with E-state index in [1.54, 1.807) is 0 Å². The zero-order valence-electron chi connectivity index (χ0n) is 5.24. The summed E-state index contributed by atoms with van der Waals surface area (Å²) in [5.74, 6) is -2.85. The molecule has 0 fully saturated rings. The molecule has 0 aliphatic rings. The quantitative estimate of drug-likeness (QED) is 0.559. The van der Waals surface area contributed by atoms with Crippen molar-refractivity contribution in [1.29, 1.82) is 0 Å². The molecule has 0 rings (SSSR count). The van der Waals surface area contributed by atoms with Crippen LogP contribution in [0.1, 0.15) is 6.42 Å². The molecule has 7 heteroatoms. The molecule has 5 nitrogen and oxygen atoms in total. The number of carboxylic acids is 2. The van der Waals surface area contributed by atoms with Gasteiger partial charge in [-0.3, -0.25) is 4.79 Å². The van der Waals surface area contributed by atoms with Crippen LogP contribution in [0.25, 0.3) is 0 Å². The maximum Gasteiger partial charge on any atom is 0.333 e. The van der Waals surface area contributed by atoms with Gasteiger partial charge in [0.05, 0.1) is 6.42 Å². The van der Waals surface area contributed by atoms with E-state index in [1.165, 1.54) is 0 Å². The van der Waals surface area contributed by atoms with Crippen LogP contribution in [-0.2, 0) is 32.0 Å². The van der Waals surface area contributed by atoms with Crippen LogP contribution in [-0.4, -0.2) is 33.4 Å². The summed E-state index contributed by atoms with van der Waals surface area (Å²) in [6, 6.07) is 0. The van der Waals surface area contributed by atoms with Gasteiger partial charge in [0.25, 0.3) is 0 Å². The minimum Gasteiger partial charge on any atom is -0.481 e. The van der Waals surface area contributed by atoms with Crippen molar-refractivity contribution in [2.75, 3.05) is 0 Å². The van der Waals surface area contributed by atoms with Crippen LogP contribution in [0.5, 0.6) is 0 Å². The summed E-state index contributed by atoms with van der Waals surface area (Å²) >= 11 is 0. The molecule has 0 heterocycles. The molecular weight excluding hydrogens is 357 g/mol. The molecule has 0 saturated heterocycles. The molecule has 0 aromatic rings. The van der Waals surface area contributed by atoms with Crippen molar-refractivity contribution in [3.8, 4) is 0 Å². The van der Waals surface area contributed by atoms with E-state index in [1.807, 2.05) is 0 Å². The van der Waals surface area contributed by atoms with Gasteiger partial charge in [-0.25, -0.2) is 4.79 Å². The summed E-state index contributed by atoms with van der Waals surface area (Å²) in [6.07, 6.45) is -2.54. The van der Waals surface area contributed by atoms with Crippen molar-refractivity contribution in [3.05, 3.63) is 0 Å². The Morgan fingerprint density at radius 3 is 1.73 bits per heavy atom. The van der Waals surface area contributed by atoms with Crippen LogP contribution >= 0.6 is 13.5 Å². The summed E-state index contributed by atoms with van der Waals surface area (Å²) < 4.78 is 0. The molecule has 1 unspecified atom stereocenters. The molecule has 1 radical (unpaired) electrons. The topological polar surface area (TPSA) is 94.8 Å². The van der Waals surface area contributed by atoms with Crippen LogP contribution in [0.15, 0.2) is 0 Å². The summed E-state index contributed by atoms with van der Waals surface area (Å²) in [5, 5.41) is 24.1. The Morgan fingerprint density at radius 2 is 1.64 bits per heavy atom. The van der Waals surface area contributed by atoms with Crippen molar-refractivity contribution in [3.63, 3.8) is 0 Å². The number of aliphatic carboxylic acids is 2. The molecule has 0 aliphatic carbocycles. The fourth-order valence-electron chi connectivity index (χ4n) is 0.253. The van der Waals surface area contributed by atoms with Gasteiger partial charge in [-0.15, -0.1) is 0 Å². The Balaban J connectivity index is -0.000000320. The van der Waals surface area contributed by atoms with Crippen LogP contribution in [0.4, 0.5) is 0 Å². The van der Waals surface area contributed by atoms with Gasteiger partial charge >= 0.3 is 11.9 Å². The Morgan fingerprint density at radius 1 is 1.27 bits per heavy atom. The Kier molecular flexibility index (Phi) is 12.6. The van der Waals surface area contributed by atoms with Crippen molar-refractivity contribution in [1.82, 2.24) is 0 Å². The number of carbonyl (C=O) groups is 2. The van der Waals surface area contributed by atoms with Gasteiger partial charge in [0.1, 0.15) is 0 Å². The molecule has 0 aromatic heterocycles. The van der Waals surface area contributed by atoms with E-state index in [9.17, 15) is 9.59 Å². The summed E-state index contributed by atoms with van der Waals surface area (Å²) in [6.45, 7) is 0. The fourth-order valence-corrected chi connectivity index (χ4v) is 0.253. The van der Waals surface area contributed by atoms with E-state index >= 15 is 0 Å². The maximum atomic E-state index is 9.72. The van der Waals surface area contributed by atoms with Gasteiger partial charge < -0.3 is 15.3 Å². The first kappa shape index (κ1) is 17.2. The zero-order valence-corrected chi connectivity index (χ0v) is 8.41. The smallest absolute Gasteiger partial charge is 0.333 e. The second-order valence-corrected chi connectivity index (χ2v) is 1.45. The van der Waals surface area contributed by atoms with E-state index in [-0.39, 0.29) is 35.9 Å². The third-order valence-corrected chi connectivity index (χ3v) is 0.653. The second kappa shape index (κ2) is 8.09. The van der Waals surface area contributed by atoms with E-state index in [0.717, 1.165) is 0 Å². The fraction of sp³-hybridized carbons (Fsp3) is 0.500. The van der Waals surface area contributed by atoms with Gasteiger partial charge in [-0.1, -0.05) is 0 Å². The molecule has 71 valence electrons. The number of aliphatic hydroxyl groups excluding tert-OH is 1. The molecule has 11 heavy (non-hydrogen) atoms. The third-order valence-electron chi connectivity index (χ3n) is 0.653. The molecule has 0 saturated carbocycles. The molecule has 3 N–H and O–H groups in total. The molecule has 0 aromatic carbocycles. The predicted molar refractivity (Wildman–Crippen MR) is 36.3 cm³/mol. The van der Waals surface area contributed by atoms with Gasteiger partial charge in [0.2, 0.25) is 0 Å². The van der Waals surface area contributed by atoms with Gasteiger partial charge in [-0.2, -0.15) is 13.5 Å². The monoisotopic (exact) mass is 365 g/mol. The van der Waals surface area contributed by atoms with Gasteiger partial charge in [0, 0.05) is 22.4 Å². The van der Waals surface area contributed by atoms with Gasteiger partial charge in [0.15, 0.2) is 6.10 Å². The maximum absolute atomic E-state index is 9.72. The second-order valence-electron chi connectivity index (χ2n) is 1.45. The SMILES string of the molecule is O=C(O)CC(O)C(=O)O.S.[Au]. The summed E-state index contributed by atoms with van der Waals surface area (Å²) in [7, 11) is 0. The Labute approximate surface area is 85.4 Å². The van der Waals surface area contributed by atoms with E-state index < -0.39 is 24.5 Å². The van der Waals surface area contributed by atoms with E-state index in [2.05, 4.69) is 0 Å². The average Bonchev–Trinajstić information content (AvgIpc) is 1.63. The average molecular weight is 365 g/mol. The van der Waals surface area contributed by atoms with Crippen LogP contribution < -0.4 is 0 Å². The van der Waals surface area contributed by atoms with Crippen LogP contribution in [0.3, 0.4) is 0 Å². The van der Waals surface area contributed by atoms with Crippen molar-refractivity contribution in [2.24, 2.45) is 0 Å². The minimum atomic E-state index is -1.79. The van der Waals surface area contributed by atoms with Crippen molar-refractivity contribution in [2.45, 2.75) is 12.5 Å². The molecule has 1 atom stereocenters. The van der Waals surface area contributed by atoms with Crippen molar-refractivity contribution < 1.29 is 47.3 Å². The summed E-state index contributed by atoms with van der Waals surface area (Å²) in [5.41, 5.74) is 0. The standard InChI is InChI=1S/C4H6O5.Au.H2S/c5-2(4(8)9)1-3(6)7;;/h2,5H,1H2,(H,6,7)(H,8,9);;1H2. The minimum absolute atomic E-state index is 0. The third kappa shape index (κ3) is 9.99. The normalized spacial score (nSPS) is 10.3. The van der Waals surface area contributed by atoms with Crippen molar-refractivity contribution >= 4 is 25.4 Å². The largest absolute Gasteiger partial charge is 0.481 e. The predicted octanol–water partition coefficient (Wildman–Crippen LogP) is -0.983. The zero-order chi connectivity index (χ0) is 7.44. The summed E-state index contributed by atoms with van der Waals surface area (Å²) in [4.78, 5) is 19.4. The number of rotatable bonds is 3. The number of hydrogen-bond donors (Lipinski definition) is 3. The molecule has 0 amide bonds. The first-order valence-corrected chi connectivity index (χ1v) is 2.16. The first-order valence-electron chi connectivity index (χ1n) is 2.16. The molecular formula is C4H8AuO5S. The van der Waals surface area contributed by atoms with E-state index in [4.69, 9.17) is 15.3 Å². The Bertz CT molecular complexity index is 138. The first-order chi connectivity index (χ1) is 4.04. The Hall–Kier alpha value is -0.00974. The molecule has 0 bridgehead atoms. The molecule has 0 spiro atoms. The molecule has 0 aliphatic heterocycles. The number of hydrogen-bond acceptors (Lipinski definition) is 3.